The number of hydrogen-bond donors (Lipinski definition) is 1. The molecule has 112 valence electrons. The van der Waals surface area contributed by atoms with Crippen LogP contribution in [0.1, 0.15) is 52.9 Å². The molecule has 19 heavy (non-hydrogen) atoms. The molecule has 0 aromatic rings. The summed E-state index contributed by atoms with van der Waals surface area (Å²) in [6.45, 7) is 10.9. The van der Waals surface area contributed by atoms with Gasteiger partial charge in [0.05, 0.1) is 6.10 Å². The molecule has 0 bridgehead atoms. The highest BCUT2D eigenvalue weighted by Gasteiger charge is 2.29. The third kappa shape index (κ3) is 4.44. The molecule has 0 amide bonds. The van der Waals surface area contributed by atoms with E-state index < -0.39 is 0 Å². The van der Waals surface area contributed by atoms with Crippen LogP contribution in [0.4, 0.5) is 0 Å². The Kier molecular flexibility index (Phi) is 5.67. The van der Waals surface area contributed by atoms with E-state index >= 15 is 0 Å². The van der Waals surface area contributed by atoms with Crippen molar-refractivity contribution in [3.05, 3.63) is 0 Å². The molecule has 2 fully saturated rings. The van der Waals surface area contributed by atoms with Gasteiger partial charge in [-0.2, -0.15) is 0 Å². The first kappa shape index (κ1) is 15.3. The molecule has 0 aromatic heterocycles. The Morgan fingerprint density at radius 3 is 2.26 bits per heavy atom. The lowest BCUT2D eigenvalue weighted by atomic mass is 9.90. The van der Waals surface area contributed by atoms with Crippen LogP contribution in [0, 0.1) is 5.92 Å². The summed E-state index contributed by atoms with van der Waals surface area (Å²) in [5, 5.41) is 10.4. The Morgan fingerprint density at radius 2 is 1.79 bits per heavy atom. The number of aliphatic hydroxyl groups excluding tert-OH is 1. The SMILES string of the molecule is CC1CCN(CC(O)CN(C(C)C)C2CCC2)CC1. The standard InChI is InChI=1S/C16H32N2O/c1-13(2)18(15-5-4-6-15)12-16(19)11-17-9-7-14(3)8-10-17/h13-16,19H,4-12H2,1-3H3. The largest absolute Gasteiger partial charge is 0.390 e. The Hall–Kier alpha value is -0.120. The zero-order valence-electron chi connectivity index (χ0n) is 13.0. The first-order chi connectivity index (χ1) is 9.06. The summed E-state index contributed by atoms with van der Waals surface area (Å²) in [6.07, 6.45) is 6.43. The maximum absolute atomic E-state index is 10.4. The molecule has 2 aliphatic rings. The normalized spacial score (nSPS) is 24.9. The van der Waals surface area contributed by atoms with Crippen LogP contribution in [-0.4, -0.2) is 59.3 Å². The van der Waals surface area contributed by atoms with Crippen LogP contribution >= 0.6 is 0 Å². The fourth-order valence-electron chi connectivity index (χ4n) is 3.34. The van der Waals surface area contributed by atoms with Gasteiger partial charge in [0.2, 0.25) is 0 Å². The Bertz CT molecular complexity index is 257. The van der Waals surface area contributed by atoms with Crippen molar-refractivity contribution in [1.29, 1.82) is 0 Å². The van der Waals surface area contributed by atoms with Gasteiger partial charge in [-0.15, -0.1) is 0 Å². The molecule has 1 saturated carbocycles. The predicted octanol–water partition coefficient (Wildman–Crippen LogP) is 2.34. The fraction of sp³-hybridized carbons (Fsp3) is 1.00. The van der Waals surface area contributed by atoms with Crippen LogP contribution < -0.4 is 0 Å². The summed E-state index contributed by atoms with van der Waals surface area (Å²) in [4.78, 5) is 4.96. The zero-order valence-corrected chi connectivity index (χ0v) is 13.0. The topological polar surface area (TPSA) is 26.7 Å². The highest BCUT2D eigenvalue weighted by Crippen LogP contribution is 2.26. The molecular weight excluding hydrogens is 236 g/mol. The third-order valence-corrected chi connectivity index (χ3v) is 4.97. The molecule has 1 unspecified atom stereocenters. The van der Waals surface area contributed by atoms with Gasteiger partial charge >= 0.3 is 0 Å². The first-order valence-corrected chi connectivity index (χ1v) is 8.22. The summed E-state index contributed by atoms with van der Waals surface area (Å²) in [5.74, 6) is 0.871. The first-order valence-electron chi connectivity index (χ1n) is 8.22. The maximum Gasteiger partial charge on any atom is 0.0794 e. The van der Waals surface area contributed by atoms with E-state index in [1.807, 2.05) is 0 Å². The van der Waals surface area contributed by atoms with Crippen molar-refractivity contribution in [3.8, 4) is 0 Å². The van der Waals surface area contributed by atoms with E-state index in [0.717, 1.165) is 25.0 Å². The molecule has 1 atom stereocenters. The number of rotatable bonds is 6. The van der Waals surface area contributed by atoms with Crippen LogP contribution in [0.5, 0.6) is 0 Å². The lowest BCUT2D eigenvalue weighted by molar-refractivity contribution is 0.0167. The van der Waals surface area contributed by atoms with E-state index in [4.69, 9.17) is 0 Å². The minimum atomic E-state index is -0.184. The van der Waals surface area contributed by atoms with E-state index in [9.17, 15) is 5.11 Å². The van der Waals surface area contributed by atoms with Gasteiger partial charge in [-0.25, -0.2) is 0 Å². The molecule has 1 N–H and O–H groups in total. The van der Waals surface area contributed by atoms with Crippen molar-refractivity contribution < 1.29 is 5.11 Å². The van der Waals surface area contributed by atoms with E-state index in [0.29, 0.717) is 6.04 Å². The molecule has 2 rings (SSSR count). The van der Waals surface area contributed by atoms with Gasteiger partial charge in [-0.1, -0.05) is 13.3 Å². The Balaban J connectivity index is 1.74. The van der Waals surface area contributed by atoms with Crippen molar-refractivity contribution in [1.82, 2.24) is 9.80 Å². The van der Waals surface area contributed by atoms with E-state index in [1.54, 1.807) is 0 Å². The summed E-state index contributed by atoms with van der Waals surface area (Å²) in [6, 6.07) is 1.29. The minimum Gasteiger partial charge on any atom is -0.390 e. The quantitative estimate of drug-likeness (QED) is 0.801. The van der Waals surface area contributed by atoms with E-state index in [1.165, 1.54) is 45.2 Å². The van der Waals surface area contributed by atoms with Crippen molar-refractivity contribution in [2.45, 2.75) is 71.1 Å². The minimum absolute atomic E-state index is 0.184. The van der Waals surface area contributed by atoms with Gasteiger partial charge in [0.15, 0.2) is 0 Å². The van der Waals surface area contributed by atoms with Gasteiger partial charge < -0.3 is 10.0 Å². The number of nitrogens with zero attached hydrogens (tertiary/aromatic N) is 2. The van der Waals surface area contributed by atoms with Gasteiger partial charge in [-0.3, -0.25) is 4.90 Å². The molecule has 1 saturated heterocycles. The summed E-state index contributed by atoms with van der Waals surface area (Å²) < 4.78 is 0. The second-order valence-corrected chi connectivity index (χ2v) is 7.01. The van der Waals surface area contributed by atoms with Crippen LogP contribution in [0.2, 0.25) is 0 Å². The fourth-order valence-corrected chi connectivity index (χ4v) is 3.34. The van der Waals surface area contributed by atoms with Gasteiger partial charge in [0.1, 0.15) is 0 Å². The highest BCUT2D eigenvalue weighted by molar-refractivity contribution is 4.84. The smallest absolute Gasteiger partial charge is 0.0794 e. The average Bonchev–Trinajstić information content (AvgIpc) is 2.29. The highest BCUT2D eigenvalue weighted by atomic mass is 16.3. The second-order valence-electron chi connectivity index (χ2n) is 7.01. The predicted molar refractivity (Wildman–Crippen MR) is 80.3 cm³/mol. The maximum atomic E-state index is 10.4. The van der Waals surface area contributed by atoms with Crippen LogP contribution in [-0.2, 0) is 0 Å². The number of piperidine rings is 1. The molecule has 0 aromatic carbocycles. The number of likely N-dealkylation sites (tertiary alicyclic amines) is 1. The van der Waals surface area contributed by atoms with Crippen molar-refractivity contribution in [3.63, 3.8) is 0 Å². The average molecular weight is 268 g/mol. The zero-order chi connectivity index (χ0) is 13.8. The lowest BCUT2D eigenvalue weighted by Crippen LogP contribution is -2.50. The molecule has 3 nitrogen and oxygen atoms in total. The number of aliphatic hydroxyl groups is 1. The summed E-state index contributed by atoms with van der Waals surface area (Å²) in [7, 11) is 0. The monoisotopic (exact) mass is 268 g/mol. The van der Waals surface area contributed by atoms with Crippen molar-refractivity contribution >= 4 is 0 Å². The van der Waals surface area contributed by atoms with Crippen molar-refractivity contribution in [2.24, 2.45) is 5.92 Å². The second kappa shape index (κ2) is 7.05. The number of β-amino-alcohol motifs (C(OH)–C–C–N with tert-alkyl or cyclic N) is 1. The molecule has 0 radical (unpaired) electrons. The van der Waals surface area contributed by atoms with E-state index in [-0.39, 0.29) is 6.10 Å². The van der Waals surface area contributed by atoms with Crippen LogP contribution in [0.15, 0.2) is 0 Å². The Labute approximate surface area is 119 Å². The van der Waals surface area contributed by atoms with Gasteiger partial charge in [0.25, 0.3) is 0 Å². The molecule has 1 aliphatic heterocycles. The number of hydrogen-bond acceptors (Lipinski definition) is 3. The van der Waals surface area contributed by atoms with E-state index in [2.05, 4.69) is 30.6 Å². The summed E-state index contributed by atoms with van der Waals surface area (Å²) >= 11 is 0. The van der Waals surface area contributed by atoms with Crippen LogP contribution in [0.3, 0.4) is 0 Å². The summed E-state index contributed by atoms with van der Waals surface area (Å²) in [5.41, 5.74) is 0. The molecule has 1 aliphatic carbocycles. The lowest BCUT2D eigenvalue weighted by Gasteiger charge is -2.42. The van der Waals surface area contributed by atoms with Gasteiger partial charge in [0, 0.05) is 25.2 Å². The van der Waals surface area contributed by atoms with Crippen LogP contribution in [0.25, 0.3) is 0 Å². The Morgan fingerprint density at radius 1 is 1.16 bits per heavy atom. The van der Waals surface area contributed by atoms with Crippen molar-refractivity contribution in [2.75, 3.05) is 26.2 Å². The molecule has 3 heteroatoms. The molecule has 0 spiro atoms. The third-order valence-electron chi connectivity index (χ3n) is 4.97. The van der Waals surface area contributed by atoms with Gasteiger partial charge in [-0.05, 0) is 58.5 Å². The molecular formula is C16H32N2O. The molecule has 1 heterocycles.